The van der Waals surface area contributed by atoms with Gasteiger partial charge in [0.1, 0.15) is 0 Å². The van der Waals surface area contributed by atoms with Crippen LogP contribution in [0.5, 0.6) is 0 Å². The van der Waals surface area contributed by atoms with Gasteiger partial charge in [0.25, 0.3) is 0 Å². The summed E-state index contributed by atoms with van der Waals surface area (Å²) >= 11 is 0. The predicted molar refractivity (Wildman–Crippen MR) is 79.7 cm³/mol. The predicted octanol–water partition coefficient (Wildman–Crippen LogP) is 0.491. The fourth-order valence-electron chi connectivity index (χ4n) is 3.93. The molecule has 20 heavy (non-hydrogen) atoms. The van der Waals surface area contributed by atoms with Crippen molar-refractivity contribution in [2.24, 2.45) is 11.3 Å². The number of amides is 1. The molecule has 7 heteroatoms. The van der Waals surface area contributed by atoms with Crippen LogP contribution in [0.3, 0.4) is 0 Å². The van der Waals surface area contributed by atoms with Gasteiger partial charge >= 0.3 is 0 Å². The molecule has 2 heterocycles. The summed E-state index contributed by atoms with van der Waals surface area (Å²) in [5.74, 6) is 0.850. The number of sulfone groups is 1. The monoisotopic (exact) mass is 322 g/mol. The maximum atomic E-state index is 12.6. The quantitative estimate of drug-likeness (QED) is 0.776. The lowest BCUT2D eigenvalue weighted by Gasteiger charge is -2.37. The smallest absolute Gasteiger partial charge is 0.228 e. The first kappa shape index (κ1) is 16.0. The Kier molecular flexibility index (Phi) is 4.66. The van der Waals surface area contributed by atoms with E-state index in [2.05, 4.69) is 10.6 Å². The van der Waals surface area contributed by atoms with Crippen molar-refractivity contribution < 1.29 is 13.2 Å². The van der Waals surface area contributed by atoms with Gasteiger partial charge in [0, 0.05) is 12.6 Å². The van der Waals surface area contributed by atoms with Gasteiger partial charge in [-0.3, -0.25) is 4.79 Å². The normalized spacial score (nSPS) is 38.8. The van der Waals surface area contributed by atoms with Crippen molar-refractivity contribution in [3.8, 4) is 0 Å². The summed E-state index contributed by atoms with van der Waals surface area (Å²) in [4.78, 5) is 12.6. The Hall–Kier alpha value is -0.330. The molecular formula is C13H23ClN2O3S. The first-order valence-corrected chi connectivity index (χ1v) is 9.06. The molecule has 1 saturated carbocycles. The zero-order valence-corrected chi connectivity index (χ0v) is 13.2. The van der Waals surface area contributed by atoms with Gasteiger partial charge in [-0.05, 0) is 31.7 Å². The summed E-state index contributed by atoms with van der Waals surface area (Å²) in [6.45, 7) is 1.68. The van der Waals surface area contributed by atoms with E-state index >= 15 is 0 Å². The second kappa shape index (κ2) is 5.81. The van der Waals surface area contributed by atoms with Crippen LogP contribution in [0.15, 0.2) is 0 Å². The number of fused-ring (bicyclic) bond motifs is 1. The molecule has 3 atom stereocenters. The lowest BCUT2D eigenvalue weighted by molar-refractivity contribution is -0.134. The molecule has 2 N–H and O–H groups in total. The van der Waals surface area contributed by atoms with E-state index in [0.29, 0.717) is 12.3 Å². The molecule has 116 valence electrons. The van der Waals surface area contributed by atoms with E-state index in [1.807, 2.05) is 0 Å². The Morgan fingerprint density at radius 2 is 2.05 bits per heavy atom. The second-order valence-electron chi connectivity index (χ2n) is 6.30. The van der Waals surface area contributed by atoms with Gasteiger partial charge in [0.2, 0.25) is 5.91 Å². The summed E-state index contributed by atoms with van der Waals surface area (Å²) in [6.07, 6.45) is 4.94. The highest BCUT2D eigenvalue weighted by molar-refractivity contribution is 7.91. The third kappa shape index (κ3) is 2.83. The molecule has 0 bridgehead atoms. The Labute approximate surface area is 126 Å². The zero-order chi connectivity index (χ0) is 13.5. The Balaban J connectivity index is 0.00000147. The molecule has 1 amide bonds. The van der Waals surface area contributed by atoms with E-state index in [4.69, 9.17) is 0 Å². The number of nitrogens with one attached hydrogen (secondary N) is 2. The molecule has 0 radical (unpaired) electrons. The second-order valence-corrected chi connectivity index (χ2v) is 8.53. The first-order chi connectivity index (χ1) is 9.02. The minimum Gasteiger partial charge on any atom is -0.352 e. The third-order valence-electron chi connectivity index (χ3n) is 5.06. The van der Waals surface area contributed by atoms with Crippen LogP contribution in [0.25, 0.3) is 0 Å². The van der Waals surface area contributed by atoms with E-state index in [9.17, 15) is 13.2 Å². The van der Waals surface area contributed by atoms with E-state index in [1.54, 1.807) is 0 Å². The zero-order valence-electron chi connectivity index (χ0n) is 11.6. The van der Waals surface area contributed by atoms with Gasteiger partial charge in [0.15, 0.2) is 9.84 Å². The molecule has 3 rings (SSSR count). The molecule has 5 nitrogen and oxygen atoms in total. The molecule has 0 spiro atoms. The van der Waals surface area contributed by atoms with Crippen LogP contribution in [-0.4, -0.2) is 45.0 Å². The van der Waals surface area contributed by atoms with Crippen LogP contribution in [0.1, 0.15) is 32.1 Å². The molecule has 2 saturated heterocycles. The summed E-state index contributed by atoms with van der Waals surface area (Å²) in [7, 11) is -2.93. The fourth-order valence-corrected chi connectivity index (χ4v) is 5.60. The van der Waals surface area contributed by atoms with Crippen molar-refractivity contribution in [2.75, 3.05) is 24.6 Å². The number of rotatable bonds is 2. The van der Waals surface area contributed by atoms with Crippen LogP contribution in [0.2, 0.25) is 0 Å². The maximum Gasteiger partial charge on any atom is 0.228 e. The van der Waals surface area contributed by atoms with Gasteiger partial charge < -0.3 is 10.6 Å². The van der Waals surface area contributed by atoms with Gasteiger partial charge in [-0.25, -0.2) is 8.42 Å². The first-order valence-electron chi connectivity index (χ1n) is 7.24. The van der Waals surface area contributed by atoms with Gasteiger partial charge in [-0.2, -0.15) is 0 Å². The molecule has 0 aromatic rings. The summed E-state index contributed by atoms with van der Waals surface area (Å²) < 4.78 is 22.9. The Morgan fingerprint density at radius 3 is 2.75 bits per heavy atom. The number of hydrogen-bond acceptors (Lipinski definition) is 4. The highest BCUT2D eigenvalue weighted by atomic mass is 35.5. The third-order valence-corrected chi connectivity index (χ3v) is 6.83. The molecule has 0 aromatic heterocycles. The summed E-state index contributed by atoms with van der Waals surface area (Å²) in [5.41, 5.74) is -0.273. The minimum absolute atomic E-state index is 0. The van der Waals surface area contributed by atoms with Crippen molar-refractivity contribution >= 4 is 28.2 Å². The summed E-state index contributed by atoms with van der Waals surface area (Å²) in [5, 5.41) is 6.36. The number of carbonyl (C=O) groups is 1. The summed E-state index contributed by atoms with van der Waals surface area (Å²) in [6, 6.07) is -0.171. The Morgan fingerprint density at radius 1 is 1.25 bits per heavy atom. The highest BCUT2D eigenvalue weighted by Crippen LogP contribution is 2.44. The average Bonchev–Trinajstić information content (AvgIpc) is 2.93. The van der Waals surface area contributed by atoms with E-state index < -0.39 is 9.84 Å². The van der Waals surface area contributed by atoms with Crippen molar-refractivity contribution in [1.82, 2.24) is 10.6 Å². The van der Waals surface area contributed by atoms with Crippen LogP contribution in [0.4, 0.5) is 0 Å². The highest BCUT2D eigenvalue weighted by Gasteiger charge is 2.50. The van der Waals surface area contributed by atoms with E-state index in [0.717, 1.165) is 32.4 Å². The molecule has 1 unspecified atom stereocenters. The van der Waals surface area contributed by atoms with Gasteiger partial charge in [-0.1, -0.05) is 12.8 Å². The van der Waals surface area contributed by atoms with E-state index in [-0.39, 0.29) is 41.3 Å². The van der Waals surface area contributed by atoms with Crippen LogP contribution >= 0.6 is 12.4 Å². The lowest BCUT2D eigenvalue weighted by atomic mass is 9.67. The number of hydrogen-bond donors (Lipinski definition) is 2. The van der Waals surface area contributed by atoms with E-state index in [1.165, 1.54) is 6.42 Å². The maximum absolute atomic E-state index is 12.6. The molecule has 2 aliphatic heterocycles. The van der Waals surface area contributed by atoms with Crippen molar-refractivity contribution in [2.45, 2.75) is 38.1 Å². The van der Waals surface area contributed by atoms with Crippen LogP contribution in [-0.2, 0) is 14.6 Å². The molecular weight excluding hydrogens is 300 g/mol. The number of carbonyl (C=O) groups excluding carboxylic acids is 1. The van der Waals surface area contributed by atoms with Crippen molar-refractivity contribution in [1.29, 1.82) is 0 Å². The minimum atomic E-state index is -2.93. The average molecular weight is 323 g/mol. The van der Waals surface area contributed by atoms with Gasteiger partial charge in [0.05, 0.1) is 16.9 Å². The molecule has 3 aliphatic rings. The Bertz CT molecular complexity index is 482. The topological polar surface area (TPSA) is 75.3 Å². The SMILES string of the molecule is Cl.O=C(NC1CCS(=O)(=O)C1)[C@@]12CCCC[C@H]1CNC2. The molecule has 3 fully saturated rings. The van der Waals surface area contributed by atoms with Gasteiger partial charge in [-0.15, -0.1) is 12.4 Å². The van der Waals surface area contributed by atoms with Crippen LogP contribution < -0.4 is 10.6 Å². The van der Waals surface area contributed by atoms with Crippen molar-refractivity contribution in [3.63, 3.8) is 0 Å². The van der Waals surface area contributed by atoms with Crippen molar-refractivity contribution in [3.05, 3.63) is 0 Å². The molecule has 1 aliphatic carbocycles. The largest absolute Gasteiger partial charge is 0.352 e. The number of halogens is 1. The fraction of sp³-hybridized carbons (Fsp3) is 0.923. The molecule has 0 aromatic carbocycles. The lowest BCUT2D eigenvalue weighted by Crippen LogP contribution is -2.51. The standard InChI is InChI=1S/C13H22N2O3S.ClH/c16-12(15-11-4-6-19(17,18)8-11)13-5-2-1-3-10(13)7-14-9-13;/h10-11,14H,1-9H2,(H,15,16);1H/t10-,11?,13+;/m0./s1. The van der Waals surface area contributed by atoms with Crippen LogP contribution in [0, 0.1) is 11.3 Å².